The first-order valence-electron chi connectivity index (χ1n) is 8.44. The number of benzene rings is 2. The van der Waals surface area contributed by atoms with Crippen molar-refractivity contribution in [3.63, 3.8) is 0 Å². The van der Waals surface area contributed by atoms with Crippen LogP contribution in [-0.4, -0.2) is 18.2 Å². The van der Waals surface area contributed by atoms with E-state index in [0.717, 1.165) is 36.3 Å². The number of nitrogens with one attached hydrogen (secondary N) is 2. The molecule has 0 spiro atoms. The molecule has 4 nitrogen and oxygen atoms in total. The molecule has 132 valence electrons. The fourth-order valence-electron chi connectivity index (χ4n) is 2.96. The van der Waals surface area contributed by atoms with Gasteiger partial charge in [-0.25, -0.2) is 4.79 Å². The van der Waals surface area contributed by atoms with Gasteiger partial charge in [-0.3, -0.25) is 5.32 Å². The molecule has 0 aliphatic carbocycles. The standard InChI is InChI=1S/C20H23ClN2O2/c1-20(2,3)25-19(24)23-18-11-14(13-4-6-16(21)7-5-13)10-15-12-22-9-8-17(15)18/h4-7,10-11,22H,8-9,12H2,1-3H3,(H,23,24). The van der Waals surface area contributed by atoms with Crippen molar-refractivity contribution in [1.82, 2.24) is 5.32 Å². The molecule has 2 N–H and O–H groups in total. The van der Waals surface area contributed by atoms with Crippen molar-refractivity contribution in [3.05, 3.63) is 52.5 Å². The average molecular weight is 359 g/mol. The van der Waals surface area contributed by atoms with Crippen LogP contribution >= 0.6 is 11.6 Å². The smallest absolute Gasteiger partial charge is 0.412 e. The third kappa shape index (κ3) is 4.53. The third-order valence-corrected chi connectivity index (χ3v) is 4.27. The van der Waals surface area contributed by atoms with Crippen LogP contribution in [0.1, 0.15) is 31.9 Å². The fourth-order valence-corrected chi connectivity index (χ4v) is 3.08. The number of hydrogen-bond donors (Lipinski definition) is 2. The second kappa shape index (κ2) is 7.06. The van der Waals surface area contributed by atoms with Gasteiger partial charge in [0.15, 0.2) is 0 Å². The van der Waals surface area contributed by atoms with Crippen LogP contribution in [0.4, 0.5) is 10.5 Å². The number of rotatable bonds is 2. The summed E-state index contributed by atoms with van der Waals surface area (Å²) < 4.78 is 5.41. The van der Waals surface area contributed by atoms with Gasteiger partial charge in [-0.1, -0.05) is 23.7 Å². The summed E-state index contributed by atoms with van der Waals surface area (Å²) in [7, 11) is 0. The second-order valence-electron chi connectivity index (χ2n) is 7.22. The predicted molar refractivity (Wildman–Crippen MR) is 102 cm³/mol. The summed E-state index contributed by atoms with van der Waals surface area (Å²) in [4.78, 5) is 12.2. The van der Waals surface area contributed by atoms with Crippen LogP contribution < -0.4 is 10.6 Å². The lowest BCUT2D eigenvalue weighted by Gasteiger charge is -2.24. The lowest BCUT2D eigenvalue weighted by Crippen LogP contribution is -2.29. The molecule has 2 aromatic carbocycles. The molecular formula is C20H23ClN2O2. The van der Waals surface area contributed by atoms with E-state index in [1.807, 2.05) is 51.1 Å². The topological polar surface area (TPSA) is 50.4 Å². The van der Waals surface area contributed by atoms with Gasteiger partial charge in [0.1, 0.15) is 5.60 Å². The summed E-state index contributed by atoms with van der Waals surface area (Å²) >= 11 is 5.99. The van der Waals surface area contributed by atoms with E-state index in [1.54, 1.807) is 0 Å². The number of amides is 1. The predicted octanol–water partition coefficient (Wildman–Crippen LogP) is 5.00. The normalized spacial score (nSPS) is 13.9. The fraction of sp³-hybridized carbons (Fsp3) is 0.350. The van der Waals surface area contributed by atoms with E-state index in [9.17, 15) is 4.79 Å². The summed E-state index contributed by atoms with van der Waals surface area (Å²) in [5.41, 5.74) is 4.76. The quantitative estimate of drug-likeness (QED) is 0.794. The first-order chi connectivity index (χ1) is 11.8. The van der Waals surface area contributed by atoms with Crippen molar-refractivity contribution in [3.8, 4) is 11.1 Å². The zero-order chi connectivity index (χ0) is 18.0. The Morgan fingerprint density at radius 2 is 1.88 bits per heavy atom. The van der Waals surface area contributed by atoms with E-state index in [-0.39, 0.29) is 0 Å². The van der Waals surface area contributed by atoms with E-state index < -0.39 is 11.7 Å². The van der Waals surface area contributed by atoms with E-state index in [2.05, 4.69) is 16.7 Å². The largest absolute Gasteiger partial charge is 0.444 e. The molecule has 1 amide bonds. The van der Waals surface area contributed by atoms with Crippen LogP contribution in [0.2, 0.25) is 5.02 Å². The van der Waals surface area contributed by atoms with Gasteiger partial charge in [0.25, 0.3) is 0 Å². The highest BCUT2D eigenvalue weighted by molar-refractivity contribution is 6.30. The molecule has 0 saturated heterocycles. The van der Waals surface area contributed by atoms with Crippen molar-refractivity contribution < 1.29 is 9.53 Å². The molecule has 0 bridgehead atoms. The molecule has 3 rings (SSSR count). The molecule has 2 aromatic rings. The van der Waals surface area contributed by atoms with Gasteiger partial charge >= 0.3 is 6.09 Å². The number of hydrogen-bond acceptors (Lipinski definition) is 3. The molecule has 0 unspecified atom stereocenters. The third-order valence-electron chi connectivity index (χ3n) is 4.02. The summed E-state index contributed by atoms with van der Waals surface area (Å²) in [6.45, 7) is 7.26. The van der Waals surface area contributed by atoms with Crippen LogP contribution in [-0.2, 0) is 17.7 Å². The van der Waals surface area contributed by atoms with Crippen molar-refractivity contribution in [2.75, 3.05) is 11.9 Å². The number of anilines is 1. The zero-order valence-electron chi connectivity index (χ0n) is 14.8. The Balaban J connectivity index is 1.96. The van der Waals surface area contributed by atoms with Gasteiger partial charge in [0, 0.05) is 17.3 Å². The maximum Gasteiger partial charge on any atom is 0.412 e. The highest BCUT2D eigenvalue weighted by Crippen LogP contribution is 2.32. The number of fused-ring (bicyclic) bond motifs is 1. The summed E-state index contributed by atoms with van der Waals surface area (Å²) in [6.07, 6.45) is 0.447. The minimum atomic E-state index is -0.528. The van der Waals surface area contributed by atoms with Crippen LogP contribution in [0, 0.1) is 0 Å². The van der Waals surface area contributed by atoms with Gasteiger partial charge < -0.3 is 10.1 Å². The molecule has 25 heavy (non-hydrogen) atoms. The first kappa shape index (κ1) is 17.8. The van der Waals surface area contributed by atoms with Crippen molar-refractivity contribution >= 4 is 23.4 Å². The Kier molecular flexibility index (Phi) is 5.02. The van der Waals surface area contributed by atoms with Gasteiger partial charge in [0.2, 0.25) is 0 Å². The molecular weight excluding hydrogens is 336 g/mol. The molecule has 0 fully saturated rings. The number of carbonyl (C=O) groups is 1. The summed E-state index contributed by atoms with van der Waals surface area (Å²) in [6, 6.07) is 11.9. The summed E-state index contributed by atoms with van der Waals surface area (Å²) in [5.74, 6) is 0. The maximum absolute atomic E-state index is 12.2. The molecule has 0 radical (unpaired) electrons. The van der Waals surface area contributed by atoms with Crippen LogP contribution in [0.5, 0.6) is 0 Å². The van der Waals surface area contributed by atoms with Gasteiger partial charge in [-0.15, -0.1) is 0 Å². The molecule has 1 aliphatic rings. The Morgan fingerprint density at radius 1 is 1.16 bits per heavy atom. The number of carbonyl (C=O) groups excluding carboxylic acids is 1. The first-order valence-corrected chi connectivity index (χ1v) is 8.82. The van der Waals surface area contributed by atoms with Crippen molar-refractivity contribution in [2.24, 2.45) is 0 Å². The van der Waals surface area contributed by atoms with E-state index in [0.29, 0.717) is 5.02 Å². The van der Waals surface area contributed by atoms with E-state index in [4.69, 9.17) is 16.3 Å². The number of halogens is 1. The van der Waals surface area contributed by atoms with Gasteiger partial charge in [-0.2, -0.15) is 0 Å². The molecule has 0 saturated carbocycles. The second-order valence-corrected chi connectivity index (χ2v) is 7.66. The Labute approximate surface area is 153 Å². The molecule has 0 aromatic heterocycles. The minimum Gasteiger partial charge on any atom is -0.444 e. The molecule has 1 aliphatic heterocycles. The Hall–Kier alpha value is -2.04. The Bertz CT molecular complexity index is 780. The average Bonchev–Trinajstić information content (AvgIpc) is 2.53. The van der Waals surface area contributed by atoms with Crippen LogP contribution in [0.15, 0.2) is 36.4 Å². The van der Waals surface area contributed by atoms with E-state index >= 15 is 0 Å². The zero-order valence-corrected chi connectivity index (χ0v) is 15.5. The highest BCUT2D eigenvalue weighted by Gasteiger charge is 2.20. The van der Waals surface area contributed by atoms with Crippen molar-refractivity contribution in [1.29, 1.82) is 0 Å². The SMILES string of the molecule is CC(C)(C)OC(=O)Nc1cc(-c2ccc(Cl)cc2)cc2c1CCNC2. The summed E-state index contributed by atoms with van der Waals surface area (Å²) in [5, 5.41) is 7.02. The Morgan fingerprint density at radius 3 is 2.56 bits per heavy atom. The lowest BCUT2D eigenvalue weighted by atomic mass is 9.93. The number of ether oxygens (including phenoxy) is 1. The van der Waals surface area contributed by atoms with E-state index in [1.165, 1.54) is 11.1 Å². The van der Waals surface area contributed by atoms with Crippen LogP contribution in [0.25, 0.3) is 11.1 Å². The van der Waals surface area contributed by atoms with Gasteiger partial charge in [0.05, 0.1) is 0 Å². The monoisotopic (exact) mass is 358 g/mol. The van der Waals surface area contributed by atoms with Crippen LogP contribution in [0.3, 0.4) is 0 Å². The maximum atomic E-state index is 12.2. The van der Waals surface area contributed by atoms with Crippen molar-refractivity contribution in [2.45, 2.75) is 39.3 Å². The molecule has 1 heterocycles. The lowest BCUT2D eigenvalue weighted by molar-refractivity contribution is 0.0636. The molecule has 0 atom stereocenters. The molecule has 5 heteroatoms. The van der Waals surface area contributed by atoms with Gasteiger partial charge in [-0.05, 0) is 80.3 Å². The highest BCUT2D eigenvalue weighted by atomic mass is 35.5. The minimum absolute atomic E-state index is 0.429.